The fraction of sp³-hybridized carbons (Fsp3) is 0.0833. The van der Waals surface area contributed by atoms with Crippen LogP contribution in [0.5, 0.6) is 0 Å². The summed E-state index contributed by atoms with van der Waals surface area (Å²) in [5, 5.41) is 9.43. The molecule has 0 saturated heterocycles. The van der Waals surface area contributed by atoms with Crippen LogP contribution >= 0.6 is 39.1 Å². The van der Waals surface area contributed by atoms with Gasteiger partial charge < -0.3 is 10.6 Å². The molecule has 2 heterocycles. The number of terminal acetylenes is 1. The number of aromatic nitrogens is 3. The molecule has 188 valence electrons. The van der Waals surface area contributed by atoms with Crippen molar-refractivity contribution < 1.29 is 22.8 Å². The molecule has 7 nitrogen and oxygen atoms in total. The summed E-state index contributed by atoms with van der Waals surface area (Å²) in [5.74, 6) is 0.358. The first-order chi connectivity index (χ1) is 17.5. The van der Waals surface area contributed by atoms with Gasteiger partial charge in [0.2, 0.25) is 0 Å². The van der Waals surface area contributed by atoms with Crippen LogP contribution in [0.15, 0.2) is 53.1 Å². The van der Waals surface area contributed by atoms with Gasteiger partial charge in [0.15, 0.2) is 11.5 Å². The van der Waals surface area contributed by atoms with E-state index in [1.54, 1.807) is 18.2 Å². The van der Waals surface area contributed by atoms with Crippen LogP contribution in [0.25, 0.3) is 16.6 Å². The van der Waals surface area contributed by atoms with E-state index in [-0.39, 0.29) is 33.7 Å². The Hall–Kier alpha value is -3.59. The molecule has 0 saturated carbocycles. The minimum Gasteiger partial charge on any atom is -0.341 e. The lowest BCUT2D eigenvalue weighted by Crippen LogP contribution is -2.26. The maximum Gasteiger partial charge on any atom is 0.435 e. The van der Waals surface area contributed by atoms with E-state index in [0.29, 0.717) is 26.0 Å². The predicted octanol–water partition coefficient (Wildman–Crippen LogP) is 6.12. The highest BCUT2D eigenvalue weighted by Crippen LogP contribution is 2.37. The first kappa shape index (κ1) is 26.5. The van der Waals surface area contributed by atoms with Gasteiger partial charge in [0, 0.05) is 22.1 Å². The normalized spacial score (nSPS) is 11.3. The van der Waals surface area contributed by atoms with Crippen molar-refractivity contribution >= 4 is 67.4 Å². The van der Waals surface area contributed by atoms with Crippen molar-refractivity contribution in [3.8, 4) is 18.2 Å². The molecule has 0 unspecified atom stereocenters. The van der Waals surface area contributed by atoms with Crippen LogP contribution in [-0.2, 0) is 6.18 Å². The van der Waals surface area contributed by atoms with Gasteiger partial charge in [-0.3, -0.25) is 9.59 Å². The van der Waals surface area contributed by atoms with Crippen LogP contribution in [0.2, 0.25) is 10.0 Å². The molecule has 0 aliphatic carbocycles. The quantitative estimate of drug-likeness (QED) is 0.266. The molecule has 4 rings (SSSR count). The first-order valence-electron chi connectivity index (χ1n) is 10.2. The molecule has 0 fully saturated rings. The number of nitrogens with one attached hydrogen (secondary N) is 2. The van der Waals surface area contributed by atoms with Crippen molar-refractivity contribution in [2.24, 2.45) is 0 Å². The highest BCUT2D eigenvalue weighted by molar-refractivity contribution is 9.10. The van der Waals surface area contributed by atoms with E-state index in [9.17, 15) is 22.8 Å². The molecule has 37 heavy (non-hydrogen) atoms. The van der Waals surface area contributed by atoms with E-state index >= 15 is 0 Å². The van der Waals surface area contributed by atoms with E-state index in [1.165, 1.54) is 24.4 Å². The average Bonchev–Trinajstić information content (AvgIpc) is 3.30. The van der Waals surface area contributed by atoms with Crippen LogP contribution in [0.3, 0.4) is 0 Å². The molecule has 2 N–H and O–H groups in total. The first-order valence-corrected chi connectivity index (χ1v) is 11.8. The van der Waals surface area contributed by atoms with E-state index in [1.807, 2.05) is 0 Å². The molecule has 13 heteroatoms. The Kier molecular flexibility index (Phi) is 7.45. The van der Waals surface area contributed by atoms with Gasteiger partial charge in [0.05, 0.1) is 27.8 Å². The number of fused-ring (bicyclic) bond motifs is 1. The van der Waals surface area contributed by atoms with Crippen LogP contribution in [0, 0.1) is 12.3 Å². The summed E-state index contributed by atoms with van der Waals surface area (Å²) in [4.78, 5) is 30.2. The lowest BCUT2D eigenvalue weighted by Gasteiger charge is -2.16. The number of rotatable bonds is 5. The van der Waals surface area contributed by atoms with Crippen molar-refractivity contribution in [2.75, 3.05) is 11.9 Å². The number of benzene rings is 2. The van der Waals surface area contributed by atoms with Crippen LogP contribution in [0.1, 0.15) is 26.5 Å². The molecule has 4 aromatic rings. The molecular weight excluding hydrogens is 598 g/mol. The third-order valence-electron chi connectivity index (χ3n) is 5.05. The van der Waals surface area contributed by atoms with Gasteiger partial charge in [-0.1, -0.05) is 51.1 Å². The zero-order valence-corrected chi connectivity index (χ0v) is 21.4. The third kappa shape index (κ3) is 5.41. The summed E-state index contributed by atoms with van der Waals surface area (Å²) in [6, 6.07) is 9.93. The molecule has 0 aliphatic rings. The highest BCUT2D eigenvalue weighted by atomic mass is 79.9. The minimum atomic E-state index is -4.87. The average molecular weight is 611 g/mol. The summed E-state index contributed by atoms with van der Waals surface area (Å²) in [5.41, 5.74) is -2.09. The standard InChI is InChI=1S/C24H13BrCl2F3N5O2/c1-2-7-32-22(36)15-10-12-9-13(25)5-6-14(12)19(27)20(15)33-23(37)17-11-18(24(28,29)30)34-35(17)21-16(26)4-3-8-31-21/h1,3-6,8-11H,7H2,(H,32,36)(H,33,37). The van der Waals surface area contributed by atoms with Gasteiger partial charge >= 0.3 is 6.18 Å². The number of halogens is 6. The molecule has 2 amide bonds. The van der Waals surface area contributed by atoms with Crippen molar-refractivity contribution in [3.63, 3.8) is 0 Å². The zero-order valence-electron chi connectivity index (χ0n) is 18.3. The number of anilines is 1. The minimum absolute atomic E-state index is 0.0119. The Morgan fingerprint density at radius 3 is 2.57 bits per heavy atom. The van der Waals surface area contributed by atoms with Gasteiger partial charge in [0.1, 0.15) is 5.69 Å². The molecule has 2 aromatic heterocycles. The number of hydrogen-bond acceptors (Lipinski definition) is 4. The van der Waals surface area contributed by atoms with Crippen molar-refractivity contribution in [1.29, 1.82) is 0 Å². The fourth-order valence-corrected chi connectivity index (χ4v) is 4.32. The Bertz CT molecular complexity index is 1600. The van der Waals surface area contributed by atoms with Gasteiger partial charge in [-0.2, -0.15) is 18.3 Å². The van der Waals surface area contributed by atoms with Crippen molar-refractivity contribution in [1.82, 2.24) is 20.1 Å². The number of alkyl halides is 3. The molecular formula is C24H13BrCl2F3N5O2. The second-order valence-corrected chi connectivity index (χ2v) is 9.15. The topological polar surface area (TPSA) is 88.9 Å². The number of amides is 2. The van der Waals surface area contributed by atoms with Gasteiger partial charge in [-0.25, -0.2) is 9.67 Å². The second-order valence-electron chi connectivity index (χ2n) is 7.45. The molecule has 0 spiro atoms. The second kappa shape index (κ2) is 10.4. The predicted molar refractivity (Wildman–Crippen MR) is 137 cm³/mol. The molecule has 0 aliphatic heterocycles. The summed E-state index contributed by atoms with van der Waals surface area (Å²) in [7, 11) is 0. The summed E-state index contributed by atoms with van der Waals surface area (Å²) in [6.07, 6.45) is 1.64. The van der Waals surface area contributed by atoms with Gasteiger partial charge in [0.25, 0.3) is 11.8 Å². The maximum atomic E-state index is 13.5. The summed E-state index contributed by atoms with van der Waals surface area (Å²) < 4.78 is 41.9. The molecule has 0 atom stereocenters. The van der Waals surface area contributed by atoms with Gasteiger partial charge in [-0.05, 0) is 35.7 Å². The Balaban J connectivity index is 1.86. The monoisotopic (exact) mass is 609 g/mol. The summed E-state index contributed by atoms with van der Waals surface area (Å²) in [6.45, 7) is -0.111. The number of nitrogens with zero attached hydrogens (tertiary/aromatic N) is 3. The summed E-state index contributed by atoms with van der Waals surface area (Å²) >= 11 is 16.0. The molecule has 0 bridgehead atoms. The zero-order chi connectivity index (χ0) is 26.9. The largest absolute Gasteiger partial charge is 0.435 e. The maximum absolute atomic E-state index is 13.5. The highest BCUT2D eigenvalue weighted by Gasteiger charge is 2.37. The molecule has 0 radical (unpaired) electrons. The number of hydrogen-bond donors (Lipinski definition) is 2. The van der Waals surface area contributed by atoms with E-state index in [4.69, 9.17) is 29.6 Å². The fourth-order valence-electron chi connectivity index (χ4n) is 3.41. The third-order valence-corrected chi connectivity index (χ3v) is 6.23. The van der Waals surface area contributed by atoms with Crippen LogP contribution in [-0.4, -0.2) is 33.1 Å². The Morgan fingerprint density at radius 1 is 1.14 bits per heavy atom. The lowest BCUT2D eigenvalue weighted by atomic mass is 10.0. The van der Waals surface area contributed by atoms with Crippen LogP contribution < -0.4 is 10.6 Å². The Morgan fingerprint density at radius 2 is 1.89 bits per heavy atom. The Labute approximate surface area is 226 Å². The SMILES string of the molecule is C#CCNC(=O)c1cc2cc(Br)ccc2c(Cl)c1NC(=O)c1cc(C(F)(F)F)nn1-c1ncccc1Cl. The molecule has 2 aromatic carbocycles. The van der Waals surface area contributed by atoms with Gasteiger partial charge in [-0.15, -0.1) is 6.42 Å². The van der Waals surface area contributed by atoms with E-state index in [2.05, 4.69) is 42.6 Å². The number of carbonyl (C=O) groups is 2. The van der Waals surface area contributed by atoms with Crippen LogP contribution in [0.4, 0.5) is 18.9 Å². The van der Waals surface area contributed by atoms with Crippen molar-refractivity contribution in [3.05, 3.63) is 80.1 Å². The van der Waals surface area contributed by atoms with E-state index in [0.717, 1.165) is 0 Å². The number of pyridine rings is 1. The van der Waals surface area contributed by atoms with Crippen molar-refractivity contribution in [2.45, 2.75) is 6.18 Å². The number of carbonyl (C=O) groups excluding carboxylic acids is 2. The van der Waals surface area contributed by atoms with E-state index < -0.39 is 29.4 Å². The lowest BCUT2D eigenvalue weighted by molar-refractivity contribution is -0.141. The smallest absolute Gasteiger partial charge is 0.341 e.